The average molecular weight is 257 g/mol. The van der Waals surface area contributed by atoms with E-state index in [0.717, 1.165) is 32.4 Å². The zero-order valence-electron chi connectivity index (χ0n) is 10.0. The summed E-state index contributed by atoms with van der Waals surface area (Å²) in [4.78, 5) is 2.32. The highest BCUT2D eigenvalue weighted by Gasteiger charge is 2.15. The van der Waals surface area contributed by atoms with Crippen molar-refractivity contribution < 1.29 is 4.39 Å². The minimum Gasteiger partial charge on any atom is -0.380 e. The van der Waals surface area contributed by atoms with Crippen molar-refractivity contribution in [3.05, 3.63) is 29.0 Å². The van der Waals surface area contributed by atoms with Crippen molar-refractivity contribution in [3.8, 4) is 0 Å². The molecule has 1 fully saturated rings. The molecule has 1 aliphatic heterocycles. The molecule has 1 heterocycles. The first-order valence-electron chi connectivity index (χ1n) is 6.05. The molecule has 0 amide bonds. The molecule has 0 aromatic heterocycles. The fraction of sp³-hybridized carbons (Fsp3) is 0.538. The Morgan fingerprint density at radius 1 is 1.35 bits per heavy atom. The van der Waals surface area contributed by atoms with Gasteiger partial charge in [0.2, 0.25) is 0 Å². The van der Waals surface area contributed by atoms with Gasteiger partial charge in [0.05, 0.1) is 5.69 Å². The van der Waals surface area contributed by atoms with Crippen molar-refractivity contribution in [3.63, 3.8) is 0 Å². The monoisotopic (exact) mass is 256 g/mol. The minimum atomic E-state index is -0.230. The summed E-state index contributed by atoms with van der Waals surface area (Å²) >= 11 is 5.88. The lowest BCUT2D eigenvalue weighted by atomic mass is 10.1. The summed E-state index contributed by atoms with van der Waals surface area (Å²) in [5.41, 5.74) is 0.520. The molecule has 94 valence electrons. The van der Waals surface area contributed by atoms with Crippen molar-refractivity contribution in [1.29, 1.82) is 0 Å². The maximum Gasteiger partial charge on any atom is 0.146 e. The molecular formula is C13H18ClFN2. The largest absolute Gasteiger partial charge is 0.380 e. The summed E-state index contributed by atoms with van der Waals surface area (Å²) in [5, 5.41) is 3.83. The highest BCUT2D eigenvalue weighted by atomic mass is 35.5. The molecule has 2 nitrogen and oxygen atoms in total. The molecule has 0 saturated carbocycles. The SMILES string of the molecule is CN1CCCC(Nc2cc(Cl)ccc2F)CC1. The van der Waals surface area contributed by atoms with Crippen LogP contribution in [0.15, 0.2) is 18.2 Å². The summed E-state index contributed by atoms with van der Waals surface area (Å²) in [5.74, 6) is -0.230. The number of hydrogen-bond acceptors (Lipinski definition) is 2. The molecular weight excluding hydrogens is 239 g/mol. The molecule has 1 aromatic rings. The van der Waals surface area contributed by atoms with Gasteiger partial charge in [-0.05, 0) is 57.6 Å². The Morgan fingerprint density at radius 2 is 2.18 bits per heavy atom. The molecule has 1 unspecified atom stereocenters. The quantitative estimate of drug-likeness (QED) is 0.873. The standard InChI is InChI=1S/C13H18ClFN2/c1-17-7-2-3-11(6-8-17)16-13-9-10(14)4-5-12(13)15/h4-5,9,11,16H,2-3,6-8H2,1H3. The Balaban J connectivity index is 2.02. The molecule has 1 atom stereocenters. The Morgan fingerprint density at radius 3 is 3.00 bits per heavy atom. The Bertz CT molecular complexity index is 384. The number of nitrogens with zero attached hydrogens (tertiary/aromatic N) is 1. The molecule has 0 aliphatic carbocycles. The molecule has 0 bridgehead atoms. The van der Waals surface area contributed by atoms with Crippen LogP contribution in [0.5, 0.6) is 0 Å². The molecule has 0 spiro atoms. The second kappa shape index (κ2) is 5.69. The summed E-state index contributed by atoms with van der Waals surface area (Å²) in [6.07, 6.45) is 3.27. The predicted octanol–water partition coefficient (Wildman–Crippen LogP) is 3.38. The van der Waals surface area contributed by atoms with Crippen molar-refractivity contribution in [1.82, 2.24) is 4.90 Å². The van der Waals surface area contributed by atoms with Crippen molar-refractivity contribution in [2.75, 3.05) is 25.5 Å². The van der Waals surface area contributed by atoms with Gasteiger partial charge in [-0.25, -0.2) is 4.39 Å². The Hall–Kier alpha value is -0.800. The van der Waals surface area contributed by atoms with E-state index < -0.39 is 0 Å². The zero-order chi connectivity index (χ0) is 12.3. The van der Waals surface area contributed by atoms with Crippen LogP contribution < -0.4 is 5.32 Å². The maximum atomic E-state index is 13.6. The second-order valence-electron chi connectivity index (χ2n) is 4.70. The van der Waals surface area contributed by atoms with Crippen molar-refractivity contribution in [2.45, 2.75) is 25.3 Å². The third-order valence-corrected chi connectivity index (χ3v) is 3.47. The number of nitrogens with one attached hydrogen (secondary N) is 1. The summed E-state index contributed by atoms with van der Waals surface area (Å²) in [7, 11) is 2.13. The number of halogens is 2. The van der Waals surface area contributed by atoms with Gasteiger partial charge in [-0.1, -0.05) is 11.6 Å². The van der Waals surface area contributed by atoms with E-state index in [4.69, 9.17) is 11.6 Å². The fourth-order valence-electron chi connectivity index (χ4n) is 2.21. The third kappa shape index (κ3) is 3.58. The lowest BCUT2D eigenvalue weighted by Crippen LogP contribution is -2.23. The van der Waals surface area contributed by atoms with Gasteiger partial charge in [0.25, 0.3) is 0 Å². The van der Waals surface area contributed by atoms with E-state index in [1.807, 2.05) is 0 Å². The first kappa shape index (κ1) is 12.7. The van der Waals surface area contributed by atoms with E-state index in [1.54, 1.807) is 12.1 Å². The number of anilines is 1. The van der Waals surface area contributed by atoms with Crippen LogP contribution in [0.4, 0.5) is 10.1 Å². The highest BCUT2D eigenvalue weighted by Crippen LogP contribution is 2.22. The van der Waals surface area contributed by atoms with Gasteiger partial charge in [-0.3, -0.25) is 0 Å². The molecule has 2 rings (SSSR count). The van der Waals surface area contributed by atoms with E-state index in [0.29, 0.717) is 16.8 Å². The molecule has 17 heavy (non-hydrogen) atoms. The van der Waals surface area contributed by atoms with Gasteiger partial charge in [0, 0.05) is 11.1 Å². The first-order valence-corrected chi connectivity index (χ1v) is 6.43. The summed E-state index contributed by atoms with van der Waals surface area (Å²) in [6, 6.07) is 4.98. The van der Waals surface area contributed by atoms with E-state index >= 15 is 0 Å². The Kier molecular flexibility index (Phi) is 4.24. The molecule has 1 aliphatic rings. The first-order chi connectivity index (χ1) is 8.15. The second-order valence-corrected chi connectivity index (χ2v) is 5.14. The van der Waals surface area contributed by atoms with Gasteiger partial charge < -0.3 is 10.2 Å². The average Bonchev–Trinajstić information content (AvgIpc) is 2.49. The normalized spacial score (nSPS) is 22.2. The predicted molar refractivity (Wildman–Crippen MR) is 70.2 cm³/mol. The maximum absolute atomic E-state index is 13.6. The van der Waals surface area contributed by atoms with Crippen LogP contribution in [-0.4, -0.2) is 31.1 Å². The lowest BCUT2D eigenvalue weighted by Gasteiger charge is -2.18. The minimum absolute atomic E-state index is 0.230. The van der Waals surface area contributed by atoms with Crippen LogP contribution in [0.25, 0.3) is 0 Å². The number of rotatable bonds is 2. The number of benzene rings is 1. The van der Waals surface area contributed by atoms with Crippen LogP contribution in [0.2, 0.25) is 5.02 Å². The summed E-state index contributed by atoms with van der Waals surface area (Å²) in [6.45, 7) is 2.18. The molecule has 1 saturated heterocycles. The third-order valence-electron chi connectivity index (χ3n) is 3.24. The van der Waals surface area contributed by atoms with Gasteiger partial charge in [0.15, 0.2) is 0 Å². The lowest BCUT2D eigenvalue weighted by molar-refractivity contribution is 0.348. The van der Waals surface area contributed by atoms with Crippen molar-refractivity contribution in [2.24, 2.45) is 0 Å². The van der Waals surface area contributed by atoms with Crippen LogP contribution in [0.3, 0.4) is 0 Å². The van der Waals surface area contributed by atoms with E-state index in [9.17, 15) is 4.39 Å². The smallest absolute Gasteiger partial charge is 0.146 e. The molecule has 0 radical (unpaired) electrons. The zero-order valence-corrected chi connectivity index (χ0v) is 10.8. The van der Waals surface area contributed by atoms with E-state index in [1.165, 1.54) is 6.07 Å². The van der Waals surface area contributed by atoms with Gasteiger partial charge in [-0.2, -0.15) is 0 Å². The van der Waals surface area contributed by atoms with Crippen LogP contribution in [-0.2, 0) is 0 Å². The van der Waals surface area contributed by atoms with Gasteiger partial charge in [-0.15, -0.1) is 0 Å². The number of hydrogen-bond donors (Lipinski definition) is 1. The summed E-state index contributed by atoms with van der Waals surface area (Å²) < 4.78 is 13.6. The van der Waals surface area contributed by atoms with Crippen LogP contribution in [0, 0.1) is 5.82 Å². The van der Waals surface area contributed by atoms with Gasteiger partial charge >= 0.3 is 0 Å². The molecule has 1 N–H and O–H groups in total. The number of likely N-dealkylation sites (tertiary alicyclic amines) is 1. The Labute approximate surface area is 107 Å². The molecule has 4 heteroatoms. The topological polar surface area (TPSA) is 15.3 Å². The molecule has 1 aromatic carbocycles. The van der Waals surface area contributed by atoms with E-state index in [2.05, 4.69) is 17.3 Å². The van der Waals surface area contributed by atoms with Crippen molar-refractivity contribution >= 4 is 17.3 Å². The highest BCUT2D eigenvalue weighted by molar-refractivity contribution is 6.30. The fourth-order valence-corrected chi connectivity index (χ4v) is 2.38. The van der Waals surface area contributed by atoms with Crippen LogP contribution >= 0.6 is 11.6 Å². The van der Waals surface area contributed by atoms with Crippen LogP contribution in [0.1, 0.15) is 19.3 Å². The van der Waals surface area contributed by atoms with Gasteiger partial charge in [0.1, 0.15) is 5.82 Å². The van der Waals surface area contributed by atoms with E-state index in [-0.39, 0.29) is 5.82 Å².